The van der Waals surface area contributed by atoms with E-state index in [1.807, 2.05) is 5.48 Å². The van der Waals surface area contributed by atoms with Crippen LogP contribution in [0.1, 0.15) is 0 Å². The lowest BCUT2D eigenvalue weighted by Crippen LogP contribution is -2.01. The van der Waals surface area contributed by atoms with Gasteiger partial charge in [-0.15, -0.1) is 0 Å². The van der Waals surface area contributed by atoms with E-state index in [-0.39, 0.29) is 5.29 Å². The largest absolute Gasteiger partial charge is 0.374 e. The summed E-state index contributed by atoms with van der Waals surface area (Å²) in [5.74, 6) is 0. The van der Waals surface area contributed by atoms with E-state index in [2.05, 4.69) is 20.9 Å². The van der Waals surface area contributed by atoms with Crippen LogP contribution >= 0.6 is 27.5 Å². The van der Waals surface area contributed by atoms with Crippen molar-refractivity contribution in [3.8, 4) is 0 Å². The zero-order valence-corrected chi connectivity index (χ0v) is 8.80. The summed E-state index contributed by atoms with van der Waals surface area (Å²) in [6.45, 7) is 0. The summed E-state index contributed by atoms with van der Waals surface area (Å²) < 4.78 is 0.816. The lowest BCUT2D eigenvalue weighted by atomic mass is 10.3. The Bertz CT molecular complexity index is 339. The number of hydrogen-bond acceptors (Lipinski definition) is 3. The lowest BCUT2D eigenvalue weighted by molar-refractivity contribution is 0.389. The molecule has 0 amide bonds. The number of nitrogens with one attached hydrogen (secondary N) is 1. The number of hydrogen-bond donors (Lipinski definition) is 3. The Kier molecular flexibility index (Phi) is 3.53. The SMILES string of the molecule is N/C(Cl)=N\c1ccc(Br)cc1NO. The van der Waals surface area contributed by atoms with Crippen LogP contribution in [0.15, 0.2) is 27.7 Å². The summed E-state index contributed by atoms with van der Waals surface area (Å²) in [6.07, 6.45) is 0. The van der Waals surface area contributed by atoms with Gasteiger partial charge in [0.25, 0.3) is 0 Å². The molecule has 0 radical (unpaired) electrons. The number of rotatable bonds is 2. The average Bonchev–Trinajstić information content (AvgIpc) is 2.07. The number of benzene rings is 1. The van der Waals surface area contributed by atoms with Crippen molar-refractivity contribution in [2.24, 2.45) is 10.7 Å². The fraction of sp³-hybridized carbons (Fsp3) is 0. The van der Waals surface area contributed by atoms with Gasteiger partial charge in [0.2, 0.25) is 0 Å². The molecule has 0 saturated heterocycles. The van der Waals surface area contributed by atoms with Crippen molar-refractivity contribution in [3.05, 3.63) is 22.7 Å². The molecule has 4 nitrogen and oxygen atoms in total. The van der Waals surface area contributed by atoms with Gasteiger partial charge in [-0.25, -0.2) is 4.99 Å². The van der Waals surface area contributed by atoms with Crippen LogP contribution in [0.4, 0.5) is 11.4 Å². The molecule has 0 aromatic heterocycles. The number of aliphatic imine (C=N–C) groups is 1. The maximum absolute atomic E-state index is 8.73. The minimum absolute atomic E-state index is 0.0844. The second kappa shape index (κ2) is 4.45. The van der Waals surface area contributed by atoms with E-state index >= 15 is 0 Å². The normalized spacial score (nSPS) is 11.5. The van der Waals surface area contributed by atoms with Crippen LogP contribution in [-0.2, 0) is 0 Å². The van der Waals surface area contributed by atoms with Crippen LogP contribution in [0.2, 0.25) is 0 Å². The van der Waals surface area contributed by atoms with Crippen molar-refractivity contribution >= 4 is 44.2 Å². The minimum atomic E-state index is -0.0844. The molecule has 1 rings (SSSR count). The van der Waals surface area contributed by atoms with Crippen molar-refractivity contribution in [1.82, 2.24) is 0 Å². The first-order valence-corrected chi connectivity index (χ1v) is 4.50. The smallest absolute Gasteiger partial charge is 0.193 e. The van der Waals surface area contributed by atoms with E-state index in [9.17, 15) is 0 Å². The zero-order valence-electron chi connectivity index (χ0n) is 6.46. The fourth-order valence-corrected chi connectivity index (χ4v) is 1.26. The Morgan fingerprint density at radius 3 is 2.85 bits per heavy atom. The molecular formula is C7H7BrClN3O. The maximum Gasteiger partial charge on any atom is 0.193 e. The predicted molar refractivity (Wildman–Crippen MR) is 56.7 cm³/mol. The molecule has 1 aromatic carbocycles. The Morgan fingerprint density at radius 2 is 2.31 bits per heavy atom. The predicted octanol–water partition coefficient (Wildman–Crippen LogP) is 2.44. The summed E-state index contributed by atoms with van der Waals surface area (Å²) in [5, 5.41) is 8.65. The Labute approximate surface area is 88.5 Å². The highest BCUT2D eigenvalue weighted by Gasteiger charge is 2.00. The van der Waals surface area contributed by atoms with Crippen molar-refractivity contribution < 1.29 is 5.21 Å². The van der Waals surface area contributed by atoms with E-state index in [1.54, 1.807) is 18.2 Å². The molecule has 0 aliphatic heterocycles. The average molecular weight is 265 g/mol. The third-order valence-corrected chi connectivity index (χ3v) is 1.88. The van der Waals surface area contributed by atoms with Gasteiger partial charge in [0, 0.05) is 4.47 Å². The van der Waals surface area contributed by atoms with Crippen molar-refractivity contribution in [2.75, 3.05) is 5.48 Å². The Morgan fingerprint density at radius 1 is 1.62 bits per heavy atom. The van der Waals surface area contributed by atoms with Crippen LogP contribution in [0.3, 0.4) is 0 Å². The number of anilines is 1. The number of nitrogens with two attached hydrogens (primary N) is 1. The molecule has 0 heterocycles. The second-order valence-corrected chi connectivity index (χ2v) is 3.51. The molecule has 0 atom stereocenters. The molecule has 4 N–H and O–H groups in total. The minimum Gasteiger partial charge on any atom is -0.374 e. The van der Waals surface area contributed by atoms with Crippen molar-refractivity contribution in [2.45, 2.75) is 0 Å². The molecular weight excluding hydrogens is 257 g/mol. The molecule has 0 bridgehead atoms. The first kappa shape index (κ1) is 10.3. The molecule has 1 aromatic rings. The van der Waals surface area contributed by atoms with Gasteiger partial charge in [-0.1, -0.05) is 15.9 Å². The van der Waals surface area contributed by atoms with Crippen LogP contribution in [-0.4, -0.2) is 10.5 Å². The summed E-state index contributed by atoms with van der Waals surface area (Å²) in [5.41, 5.74) is 8.07. The molecule has 13 heavy (non-hydrogen) atoms. The van der Waals surface area contributed by atoms with Crippen LogP contribution < -0.4 is 11.2 Å². The monoisotopic (exact) mass is 263 g/mol. The lowest BCUT2D eigenvalue weighted by Gasteiger charge is -2.03. The molecule has 0 aliphatic rings. The highest BCUT2D eigenvalue weighted by atomic mass is 79.9. The van der Waals surface area contributed by atoms with E-state index in [0.717, 1.165) is 4.47 Å². The second-order valence-electron chi connectivity index (χ2n) is 2.21. The molecule has 70 valence electrons. The summed E-state index contributed by atoms with van der Waals surface area (Å²) in [6, 6.07) is 5.08. The van der Waals surface area contributed by atoms with Gasteiger partial charge in [-0.05, 0) is 29.8 Å². The highest BCUT2D eigenvalue weighted by Crippen LogP contribution is 2.28. The van der Waals surface area contributed by atoms with Crippen LogP contribution in [0.25, 0.3) is 0 Å². The van der Waals surface area contributed by atoms with Gasteiger partial charge in [-0.2, -0.15) is 0 Å². The molecule has 0 aliphatic carbocycles. The van der Waals surface area contributed by atoms with Crippen molar-refractivity contribution in [3.63, 3.8) is 0 Å². The van der Waals surface area contributed by atoms with E-state index < -0.39 is 0 Å². The zero-order chi connectivity index (χ0) is 9.84. The molecule has 0 unspecified atom stereocenters. The van der Waals surface area contributed by atoms with Crippen LogP contribution in [0.5, 0.6) is 0 Å². The first-order chi connectivity index (χ1) is 6.13. The number of nitrogens with zero attached hydrogens (tertiary/aromatic N) is 1. The van der Waals surface area contributed by atoms with Crippen LogP contribution in [0, 0.1) is 0 Å². The van der Waals surface area contributed by atoms with Gasteiger partial charge >= 0.3 is 0 Å². The third kappa shape index (κ3) is 2.87. The van der Waals surface area contributed by atoms with E-state index in [0.29, 0.717) is 11.4 Å². The fourth-order valence-electron chi connectivity index (χ4n) is 0.810. The number of halogens is 2. The summed E-state index contributed by atoms with van der Waals surface area (Å²) in [7, 11) is 0. The van der Waals surface area contributed by atoms with E-state index in [4.69, 9.17) is 22.5 Å². The Hall–Kier alpha value is -0.780. The van der Waals surface area contributed by atoms with Crippen molar-refractivity contribution in [1.29, 1.82) is 0 Å². The molecule has 0 fully saturated rings. The quantitative estimate of drug-likeness (QED) is 0.332. The molecule has 0 saturated carbocycles. The van der Waals surface area contributed by atoms with Gasteiger partial charge in [0.1, 0.15) is 0 Å². The molecule has 0 spiro atoms. The summed E-state index contributed by atoms with van der Waals surface area (Å²) in [4.78, 5) is 3.79. The molecule has 6 heteroatoms. The third-order valence-electron chi connectivity index (χ3n) is 1.31. The van der Waals surface area contributed by atoms with Gasteiger partial charge in [0.05, 0.1) is 11.4 Å². The number of amidine groups is 1. The van der Waals surface area contributed by atoms with E-state index in [1.165, 1.54) is 0 Å². The highest BCUT2D eigenvalue weighted by molar-refractivity contribution is 9.10. The summed E-state index contributed by atoms with van der Waals surface area (Å²) >= 11 is 8.63. The van der Waals surface area contributed by atoms with Gasteiger partial charge < -0.3 is 5.73 Å². The topological polar surface area (TPSA) is 70.6 Å². The maximum atomic E-state index is 8.73. The Balaban J connectivity index is 3.14. The first-order valence-electron chi connectivity index (χ1n) is 3.33. The van der Waals surface area contributed by atoms with Gasteiger partial charge in [-0.3, -0.25) is 10.7 Å². The van der Waals surface area contributed by atoms with Gasteiger partial charge in [0.15, 0.2) is 5.29 Å². The standard InChI is InChI=1S/C7H7BrClN3O/c8-4-1-2-5(11-7(9)10)6(3-4)12-13/h1-3,12-13H,(H2,10,11).